The summed E-state index contributed by atoms with van der Waals surface area (Å²) < 4.78 is 3.58. The topological polar surface area (TPSA) is 75.7 Å². The molecule has 0 saturated heterocycles. The first-order valence-corrected chi connectivity index (χ1v) is 17.9. The first-order chi connectivity index (χ1) is 23.4. The van der Waals surface area contributed by atoms with Crippen LogP contribution in [0, 0.1) is 0 Å². The van der Waals surface area contributed by atoms with Crippen LogP contribution < -0.4 is 17.1 Å². The maximum Gasteiger partial charge on any atom is 0.336 e. The van der Waals surface area contributed by atoms with Crippen molar-refractivity contribution in [3.05, 3.63) is 139 Å². The normalized spacial score (nSPS) is 11.6. The van der Waals surface area contributed by atoms with Crippen molar-refractivity contribution in [2.24, 2.45) is 0 Å². The molecule has 0 saturated carbocycles. The molecule has 12 heteroatoms. The van der Waals surface area contributed by atoms with Crippen LogP contribution in [0.3, 0.4) is 0 Å². The second-order valence-corrected chi connectivity index (χ2v) is 12.8. The van der Waals surface area contributed by atoms with Crippen molar-refractivity contribution in [1.82, 2.24) is 28.4 Å². The molecule has 0 fully saturated rings. The molecule has 0 aliphatic heterocycles. The van der Waals surface area contributed by atoms with E-state index in [0.29, 0.717) is 76.5 Å². The van der Waals surface area contributed by atoms with Gasteiger partial charge in [0.15, 0.2) is 0 Å². The summed E-state index contributed by atoms with van der Waals surface area (Å²) in [6.45, 7) is 5.19. The minimum absolute atomic E-state index is 0.118. The highest BCUT2D eigenvalue weighted by Gasteiger charge is 2.19. The Labute approximate surface area is 297 Å². The van der Waals surface area contributed by atoms with Gasteiger partial charge in [0, 0.05) is 96.2 Å². The number of halogens is 3. The number of alkyl halides is 3. The van der Waals surface area contributed by atoms with E-state index in [4.69, 9.17) is 34.8 Å². The van der Waals surface area contributed by atoms with Gasteiger partial charge in [-0.15, -0.1) is 34.8 Å². The molecule has 0 amide bonds. The second-order valence-electron chi connectivity index (χ2n) is 11.7. The highest BCUT2D eigenvalue weighted by atomic mass is 35.5. The lowest BCUT2D eigenvalue weighted by atomic mass is 10.2. The van der Waals surface area contributed by atoms with Gasteiger partial charge in [0.25, 0.3) is 0 Å². The molecule has 3 aromatic carbocycles. The maximum atomic E-state index is 13.9. The van der Waals surface area contributed by atoms with Crippen LogP contribution in [0.2, 0.25) is 0 Å². The Kier molecular flexibility index (Phi) is 16.0. The standard InChI is InChI=1S/C36H45Cl3N6O3/c37-16-19-40(28-31-10-4-1-5-11-31)22-25-43-34(46)44(26-23-41(20-17-38)29-32-12-6-2-7-13-32)36(48)45(35(43)47)27-24-42(21-18-39)30-33-14-8-3-9-15-33/h1-15H,16-30H2. The average Bonchev–Trinajstić information content (AvgIpc) is 3.09. The van der Waals surface area contributed by atoms with Crippen LogP contribution in [0.15, 0.2) is 105 Å². The Morgan fingerprint density at radius 1 is 0.396 bits per heavy atom. The van der Waals surface area contributed by atoms with E-state index in [1.54, 1.807) is 0 Å². The number of hydrogen-bond donors (Lipinski definition) is 0. The minimum atomic E-state index is -0.612. The molecule has 0 unspecified atom stereocenters. The molecule has 0 atom stereocenters. The third-order valence-electron chi connectivity index (χ3n) is 8.25. The number of aromatic nitrogens is 3. The first-order valence-electron chi connectivity index (χ1n) is 16.3. The molecular weight excluding hydrogens is 671 g/mol. The molecule has 9 nitrogen and oxygen atoms in total. The van der Waals surface area contributed by atoms with Gasteiger partial charge in [-0.05, 0) is 16.7 Å². The summed E-state index contributed by atoms with van der Waals surface area (Å²) >= 11 is 18.4. The predicted molar refractivity (Wildman–Crippen MR) is 197 cm³/mol. The van der Waals surface area contributed by atoms with Gasteiger partial charge in [-0.2, -0.15) is 0 Å². The van der Waals surface area contributed by atoms with Gasteiger partial charge in [-0.3, -0.25) is 14.7 Å². The van der Waals surface area contributed by atoms with Gasteiger partial charge >= 0.3 is 17.1 Å². The number of benzene rings is 3. The SMILES string of the molecule is O=c1n(CCN(CCCl)Cc2ccccc2)c(=O)n(CCN(CCCl)Cc2ccccc2)c(=O)n1CCN(CCCl)Cc1ccccc1. The Hall–Kier alpha value is -3.18. The van der Waals surface area contributed by atoms with Crippen LogP contribution in [0.1, 0.15) is 16.7 Å². The molecule has 4 rings (SSSR count). The fraction of sp³-hybridized carbons (Fsp3) is 0.417. The van der Waals surface area contributed by atoms with E-state index in [1.165, 1.54) is 13.7 Å². The van der Waals surface area contributed by atoms with Gasteiger partial charge in [0.05, 0.1) is 0 Å². The maximum absolute atomic E-state index is 13.9. The van der Waals surface area contributed by atoms with Crippen LogP contribution in [0.5, 0.6) is 0 Å². The number of nitrogens with zero attached hydrogens (tertiary/aromatic N) is 6. The molecule has 0 bridgehead atoms. The highest BCUT2D eigenvalue weighted by molar-refractivity contribution is 6.18. The summed E-state index contributed by atoms with van der Waals surface area (Å²) in [7, 11) is 0. The van der Waals surface area contributed by atoms with Crippen molar-refractivity contribution in [2.75, 3.05) is 56.9 Å². The van der Waals surface area contributed by atoms with Crippen molar-refractivity contribution in [3.63, 3.8) is 0 Å². The molecular formula is C36H45Cl3N6O3. The lowest BCUT2D eigenvalue weighted by Crippen LogP contribution is -2.56. The smallest absolute Gasteiger partial charge is 0.296 e. The van der Waals surface area contributed by atoms with Crippen molar-refractivity contribution in [3.8, 4) is 0 Å². The fourth-order valence-corrected chi connectivity index (χ4v) is 6.39. The van der Waals surface area contributed by atoms with Gasteiger partial charge in [-0.25, -0.2) is 28.1 Å². The van der Waals surface area contributed by atoms with E-state index in [1.807, 2.05) is 91.0 Å². The summed E-state index contributed by atoms with van der Waals surface area (Å²) in [4.78, 5) is 48.0. The largest absolute Gasteiger partial charge is 0.336 e. The third-order valence-corrected chi connectivity index (χ3v) is 8.76. The Balaban J connectivity index is 1.62. The molecule has 0 radical (unpaired) electrons. The molecule has 0 N–H and O–H groups in total. The summed E-state index contributed by atoms with van der Waals surface area (Å²) in [6, 6.07) is 29.9. The first kappa shape index (κ1) is 37.6. The Morgan fingerprint density at radius 3 is 0.875 bits per heavy atom. The predicted octanol–water partition coefficient (Wildman–Crippen LogP) is 4.39. The monoisotopic (exact) mass is 714 g/mol. The zero-order chi connectivity index (χ0) is 34.1. The van der Waals surface area contributed by atoms with Gasteiger partial charge in [0.2, 0.25) is 0 Å². The minimum Gasteiger partial charge on any atom is -0.296 e. The van der Waals surface area contributed by atoms with E-state index in [9.17, 15) is 14.4 Å². The van der Waals surface area contributed by atoms with Crippen molar-refractivity contribution < 1.29 is 0 Å². The molecule has 258 valence electrons. The summed E-state index contributed by atoms with van der Waals surface area (Å²) in [5.41, 5.74) is 1.48. The van der Waals surface area contributed by atoms with Crippen molar-refractivity contribution in [1.29, 1.82) is 0 Å². The number of rotatable bonds is 21. The Morgan fingerprint density at radius 2 is 0.646 bits per heavy atom. The molecule has 0 spiro atoms. The van der Waals surface area contributed by atoms with Crippen LogP contribution in [0.25, 0.3) is 0 Å². The lowest BCUT2D eigenvalue weighted by Gasteiger charge is -2.24. The zero-order valence-electron chi connectivity index (χ0n) is 27.3. The van der Waals surface area contributed by atoms with E-state index in [2.05, 4.69) is 14.7 Å². The van der Waals surface area contributed by atoms with E-state index < -0.39 is 17.1 Å². The number of hydrogen-bond acceptors (Lipinski definition) is 6. The van der Waals surface area contributed by atoms with E-state index in [-0.39, 0.29) is 19.6 Å². The summed E-state index contributed by atoms with van der Waals surface area (Å²) in [5, 5.41) is 0. The van der Waals surface area contributed by atoms with Crippen molar-refractivity contribution >= 4 is 34.8 Å². The summed E-state index contributed by atoms with van der Waals surface area (Å²) in [5.74, 6) is 1.21. The average molecular weight is 716 g/mol. The fourth-order valence-electron chi connectivity index (χ4n) is 5.67. The second kappa shape index (κ2) is 20.4. The van der Waals surface area contributed by atoms with Gasteiger partial charge in [-0.1, -0.05) is 91.0 Å². The van der Waals surface area contributed by atoms with Crippen LogP contribution in [-0.2, 0) is 39.3 Å². The third kappa shape index (κ3) is 11.5. The van der Waals surface area contributed by atoms with Crippen molar-refractivity contribution in [2.45, 2.75) is 39.3 Å². The molecule has 4 aromatic rings. The molecule has 0 aliphatic carbocycles. The molecule has 1 heterocycles. The van der Waals surface area contributed by atoms with Crippen LogP contribution in [-0.4, -0.2) is 85.3 Å². The highest BCUT2D eigenvalue weighted by Crippen LogP contribution is 2.07. The molecule has 0 aliphatic rings. The molecule has 1 aromatic heterocycles. The van der Waals surface area contributed by atoms with Crippen LogP contribution in [0.4, 0.5) is 0 Å². The van der Waals surface area contributed by atoms with Gasteiger partial charge < -0.3 is 0 Å². The molecule has 48 heavy (non-hydrogen) atoms. The summed E-state index contributed by atoms with van der Waals surface area (Å²) in [6.07, 6.45) is 0. The quantitative estimate of drug-likeness (QED) is 0.119. The van der Waals surface area contributed by atoms with Crippen LogP contribution >= 0.6 is 34.8 Å². The lowest BCUT2D eigenvalue weighted by molar-refractivity contribution is 0.242. The van der Waals surface area contributed by atoms with E-state index in [0.717, 1.165) is 16.7 Å². The van der Waals surface area contributed by atoms with E-state index >= 15 is 0 Å². The van der Waals surface area contributed by atoms with Gasteiger partial charge in [0.1, 0.15) is 0 Å². The zero-order valence-corrected chi connectivity index (χ0v) is 29.6. The Bertz CT molecular complexity index is 1450.